The van der Waals surface area contributed by atoms with Gasteiger partial charge in [-0.3, -0.25) is 32.5 Å². The van der Waals surface area contributed by atoms with E-state index in [9.17, 15) is 43.5 Å². The maximum Gasteiger partial charge on any atom is 0.472 e. The summed E-state index contributed by atoms with van der Waals surface area (Å²) in [6.45, 7) is 2.61. The SMILES string of the molecule is CC/C=C\C/C=C\C/C=C\C/C=C\C/C=C\C/C=C\CCCCCCCCCCCCCCCCCCC(=O)OCC(O)COP(=O)(O)OCC(O)COP(=O)(O)OCC(COC(=O)CCCCCCCCCCCCCCCCC/C=C\C/C=C\C/C=C\C/C=C\CCCCC)OC(=O)CCCCCCCCCCCCCCC. The summed E-state index contributed by atoms with van der Waals surface area (Å²) in [5.74, 6) is -1.55. The van der Waals surface area contributed by atoms with Crippen LogP contribution in [0.5, 0.6) is 0 Å². The van der Waals surface area contributed by atoms with Crippen LogP contribution in [0.2, 0.25) is 0 Å². The lowest BCUT2D eigenvalue weighted by Crippen LogP contribution is -2.30. The third-order valence-electron chi connectivity index (χ3n) is 20.2. The Hall–Kier alpha value is -4.05. The summed E-state index contributed by atoms with van der Waals surface area (Å²) < 4.78 is 61.4. The molecule has 0 saturated heterocycles. The quantitative estimate of drug-likeness (QED) is 0.0146. The summed E-state index contributed by atoms with van der Waals surface area (Å²) in [6, 6.07) is 0. The monoisotopic (exact) mass is 1660 g/mol. The minimum absolute atomic E-state index is 0.110. The highest BCUT2D eigenvalue weighted by Crippen LogP contribution is 2.45. The van der Waals surface area contributed by atoms with Crippen molar-refractivity contribution >= 4 is 33.6 Å². The summed E-state index contributed by atoms with van der Waals surface area (Å²) in [6.07, 6.45) is 110. The molecule has 18 heteroatoms. The number of unbranched alkanes of at least 4 members (excludes halogenated alkanes) is 46. The van der Waals surface area contributed by atoms with Crippen LogP contribution in [0.3, 0.4) is 0 Å². The molecule has 0 aliphatic rings. The number of phosphoric acid groups is 2. The fraction of sp³-hybridized carbons (Fsp3) is 0.763. The second-order valence-corrected chi connectivity index (χ2v) is 34.3. The predicted octanol–water partition coefficient (Wildman–Crippen LogP) is 28.8. The summed E-state index contributed by atoms with van der Waals surface area (Å²) >= 11 is 0. The molecule has 0 fully saturated rings. The number of hydrogen-bond donors (Lipinski definition) is 4. The number of hydrogen-bond acceptors (Lipinski definition) is 14. The number of carbonyl (C=O) groups excluding carboxylic acids is 3. The number of ether oxygens (including phenoxy) is 3. The number of esters is 3. The van der Waals surface area contributed by atoms with Crippen LogP contribution in [0, 0.1) is 0 Å². The van der Waals surface area contributed by atoms with Crippen LogP contribution < -0.4 is 0 Å². The molecule has 0 aromatic heterocycles. The van der Waals surface area contributed by atoms with Crippen molar-refractivity contribution in [1.29, 1.82) is 0 Å². The normalized spacial score (nSPS) is 14.3. The number of carbonyl (C=O) groups is 3. The van der Waals surface area contributed by atoms with Crippen molar-refractivity contribution in [3.63, 3.8) is 0 Å². The van der Waals surface area contributed by atoms with E-state index in [4.69, 9.17) is 32.3 Å². The zero-order chi connectivity index (χ0) is 83.6. The van der Waals surface area contributed by atoms with Crippen LogP contribution in [0.1, 0.15) is 419 Å². The molecule has 0 rings (SSSR count). The van der Waals surface area contributed by atoms with E-state index in [0.717, 1.165) is 122 Å². The van der Waals surface area contributed by atoms with E-state index >= 15 is 0 Å². The lowest BCUT2D eigenvalue weighted by Gasteiger charge is -2.21. The Morgan fingerprint density at radius 2 is 0.461 bits per heavy atom. The second-order valence-electron chi connectivity index (χ2n) is 31.4. The fourth-order valence-electron chi connectivity index (χ4n) is 13.1. The Bertz CT molecular complexity index is 2570. The van der Waals surface area contributed by atoms with Gasteiger partial charge in [0.1, 0.15) is 25.4 Å². The average Bonchev–Trinajstić information content (AvgIpc) is 0.905. The van der Waals surface area contributed by atoms with Gasteiger partial charge < -0.3 is 34.2 Å². The third kappa shape index (κ3) is 90.6. The Kier molecular flexibility index (Phi) is 86.1. The lowest BCUT2D eigenvalue weighted by molar-refractivity contribution is -0.161. The van der Waals surface area contributed by atoms with Crippen LogP contribution in [0.15, 0.2) is 122 Å². The zero-order valence-corrected chi connectivity index (χ0v) is 75.2. The van der Waals surface area contributed by atoms with Gasteiger partial charge in [0.2, 0.25) is 0 Å². The molecule has 0 aliphatic heterocycles. The number of aliphatic hydroxyl groups is 2. The molecule has 0 aromatic rings. The molecule has 666 valence electrons. The standard InChI is InChI=1S/C97H172O16P2/c1-4-7-10-13-16-19-22-25-27-29-31-33-35-37-39-41-43-44-45-46-48-50-51-53-55-57-59-61-63-66-68-71-74-77-80-83-95(100)107-86-92(98)87-109-114(103,104)110-88-93(99)89-111-115(105,106)112-91-94(113-97(102)85-82-79-76-73-70-65-24-21-18-15-12-9-6-3)90-108-96(101)84-81-78-75-72-69-67-64-62-60-58-56-54-52-49-47-42-40-38-36-34-32-30-28-26-23-20-17-14-11-8-5-2/h7,10,16-17,19-20,25-28,31-34,37-40,43-44,92-94,98-99H,4-6,8-9,11-15,18,21-24,29-30,35-36,41-42,45-91H2,1-3H3,(H,103,104)(H,105,106)/b10-7-,19-16-,20-17-,27-25-,28-26-,33-31-,34-32-,39-37-,40-38-,44-43-. The summed E-state index contributed by atoms with van der Waals surface area (Å²) in [4.78, 5) is 58.9. The first kappa shape index (κ1) is 111. The van der Waals surface area contributed by atoms with Crippen molar-refractivity contribution < 1.29 is 75.8 Å². The molecule has 0 radical (unpaired) electrons. The average molecular weight is 1660 g/mol. The van der Waals surface area contributed by atoms with Crippen LogP contribution in [-0.2, 0) is 55.8 Å². The molecule has 0 bridgehead atoms. The van der Waals surface area contributed by atoms with Gasteiger partial charge in [-0.1, -0.05) is 406 Å². The maximum atomic E-state index is 13.0. The second kappa shape index (κ2) is 89.2. The van der Waals surface area contributed by atoms with Gasteiger partial charge in [0.25, 0.3) is 0 Å². The van der Waals surface area contributed by atoms with Crippen LogP contribution in [0.4, 0.5) is 0 Å². The van der Waals surface area contributed by atoms with Crippen LogP contribution in [-0.4, -0.2) is 95.9 Å². The van der Waals surface area contributed by atoms with E-state index in [0.29, 0.717) is 19.3 Å². The number of phosphoric ester groups is 2. The topological polar surface area (TPSA) is 231 Å². The first-order valence-electron chi connectivity index (χ1n) is 46.8. The first-order chi connectivity index (χ1) is 56.2. The third-order valence-corrected chi connectivity index (χ3v) is 22.1. The highest BCUT2D eigenvalue weighted by atomic mass is 31.2. The molecule has 0 heterocycles. The van der Waals surface area contributed by atoms with E-state index in [2.05, 4.69) is 142 Å². The number of allylic oxidation sites excluding steroid dienone is 20. The van der Waals surface area contributed by atoms with E-state index in [-0.39, 0.29) is 19.3 Å². The Morgan fingerprint density at radius 1 is 0.252 bits per heavy atom. The molecule has 0 spiro atoms. The highest BCUT2D eigenvalue weighted by Gasteiger charge is 2.30. The minimum atomic E-state index is -4.93. The van der Waals surface area contributed by atoms with E-state index < -0.39 is 91.5 Å². The molecule has 5 unspecified atom stereocenters. The molecule has 0 amide bonds. The lowest BCUT2D eigenvalue weighted by atomic mass is 10.0. The van der Waals surface area contributed by atoms with Gasteiger partial charge in [-0.2, -0.15) is 0 Å². The number of rotatable bonds is 89. The van der Waals surface area contributed by atoms with E-state index in [1.54, 1.807) is 0 Å². The van der Waals surface area contributed by atoms with Gasteiger partial charge in [-0.15, -0.1) is 0 Å². The number of aliphatic hydroxyl groups excluding tert-OH is 2. The molecule has 16 nitrogen and oxygen atoms in total. The molecular weight excluding hydrogens is 1480 g/mol. The van der Waals surface area contributed by atoms with Crippen molar-refractivity contribution in [2.75, 3.05) is 39.6 Å². The summed E-state index contributed by atoms with van der Waals surface area (Å²) in [5, 5.41) is 20.7. The smallest absolute Gasteiger partial charge is 0.463 e. The van der Waals surface area contributed by atoms with E-state index in [1.165, 1.54) is 238 Å². The largest absolute Gasteiger partial charge is 0.472 e. The predicted molar refractivity (Wildman–Crippen MR) is 482 cm³/mol. The highest BCUT2D eigenvalue weighted by molar-refractivity contribution is 7.47. The van der Waals surface area contributed by atoms with Gasteiger partial charge in [0.05, 0.1) is 26.4 Å². The first-order valence-corrected chi connectivity index (χ1v) is 49.8. The molecule has 4 N–H and O–H groups in total. The molecule has 0 saturated carbocycles. The van der Waals surface area contributed by atoms with Gasteiger partial charge in [-0.25, -0.2) is 9.13 Å². The van der Waals surface area contributed by atoms with Gasteiger partial charge in [-0.05, 0) is 116 Å². The zero-order valence-electron chi connectivity index (χ0n) is 73.4. The Balaban J connectivity index is 4.37. The minimum Gasteiger partial charge on any atom is -0.463 e. The summed E-state index contributed by atoms with van der Waals surface area (Å²) in [7, 11) is -9.79. The fourth-order valence-corrected chi connectivity index (χ4v) is 14.7. The maximum absolute atomic E-state index is 13.0. The molecule has 0 aromatic carbocycles. The Labute approximate surface area is 703 Å². The van der Waals surface area contributed by atoms with Gasteiger partial charge in [0, 0.05) is 19.3 Å². The van der Waals surface area contributed by atoms with Crippen LogP contribution in [0.25, 0.3) is 0 Å². The van der Waals surface area contributed by atoms with Crippen LogP contribution >= 0.6 is 15.6 Å². The van der Waals surface area contributed by atoms with Crippen molar-refractivity contribution in [2.24, 2.45) is 0 Å². The van der Waals surface area contributed by atoms with Crippen molar-refractivity contribution in [3.05, 3.63) is 122 Å². The van der Waals surface area contributed by atoms with Crippen molar-refractivity contribution in [3.8, 4) is 0 Å². The van der Waals surface area contributed by atoms with Crippen molar-refractivity contribution in [1.82, 2.24) is 0 Å². The van der Waals surface area contributed by atoms with Crippen molar-refractivity contribution in [2.45, 2.75) is 437 Å². The summed E-state index contributed by atoms with van der Waals surface area (Å²) in [5.41, 5.74) is 0. The molecule has 0 aliphatic carbocycles. The molecule has 115 heavy (non-hydrogen) atoms. The van der Waals surface area contributed by atoms with E-state index in [1.807, 2.05) is 0 Å². The molecule has 5 atom stereocenters. The molecular formula is C97H172O16P2. The van der Waals surface area contributed by atoms with Gasteiger partial charge in [0.15, 0.2) is 6.10 Å². The Morgan fingerprint density at radius 3 is 0.748 bits per heavy atom. The van der Waals surface area contributed by atoms with Gasteiger partial charge >= 0.3 is 33.6 Å².